The molecule has 1 aliphatic heterocycles. The molecule has 1 unspecified atom stereocenters. The number of hydrogen-bond acceptors (Lipinski definition) is 6. The second kappa shape index (κ2) is 8.77. The summed E-state index contributed by atoms with van der Waals surface area (Å²) in [6.07, 6.45) is 3.75. The number of benzene rings is 2. The average molecular weight is 455 g/mol. The first-order valence-corrected chi connectivity index (χ1v) is 10.3. The van der Waals surface area contributed by atoms with Crippen LogP contribution in [0.3, 0.4) is 0 Å². The minimum Gasteiger partial charge on any atom is -0.457 e. The van der Waals surface area contributed by atoms with Crippen molar-refractivity contribution in [3.63, 3.8) is 0 Å². The number of primary amides is 1. The van der Waals surface area contributed by atoms with Gasteiger partial charge in [0.1, 0.15) is 34.4 Å². The van der Waals surface area contributed by atoms with Gasteiger partial charge in [0.05, 0.1) is 17.6 Å². The Morgan fingerprint density at radius 3 is 2.62 bits per heavy atom. The largest absolute Gasteiger partial charge is 0.457 e. The zero-order valence-corrected chi connectivity index (χ0v) is 17.7. The van der Waals surface area contributed by atoms with Gasteiger partial charge in [-0.15, -0.1) is 0 Å². The summed E-state index contributed by atoms with van der Waals surface area (Å²) in [5.74, 6) is -0.162. The van der Waals surface area contributed by atoms with Crippen LogP contribution >= 0.6 is 11.6 Å². The molecule has 0 spiro atoms. The molecule has 2 heterocycles. The normalized spacial score (nSPS) is 15.9. The first kappa shape index (κ1) is 21.5. The minimum atomic E-state index is -0.682. The molecule has 1 amide bonds. The molecule has 4 rings (SSSR count). The zero-order valence-electron chi connectivity index (χ0n) is 17.0. The van der Waals surface area contributed by atoms with Crippen LogP contribution in [0.5, 0.6) is 11.5 Å². The number of hydrogen-bond donors (Lipinski definition) is 2. The molecule has 0 radical (unpaired) electrons. The van der Waals surface area contributed by atoms with Crippen molar-refractivity contribution in [1.29, 1.82) is 5.26 Å². The third-order valence-corrected chi connectivity index (χ3v) is 5.62. The number of anilines is 1. The fourth-order valence-electron chi connectivity index (χ4n) is 3.77. The quantitative estimate of drug-likeness (QED) is 0.563. The summed E-state index contributed by atoms with van der Waals surface area (Å²) >= 11 is 5.79. The second-order valence-electron chi connectivity index (χ2n) is 7.46. The highest BCUT2D eigenvalue weighted by molar-refractivity contribution is 6.30. The number of halogens is 2. The van der Waals surface area contributed by atoms with E-state index in [2.05, 4.69) is 11.3 Å². The highest BCUT2D eigenvalue weighted by atomic mass is 35.5. The van der Waals surface area contributed by atoms with Crippen LogP contribution in [-0.2, 0) is 0 Å². The number of ether oxygens (including phenoxy) is 1. The SMILES string of the molecule is N#CN1CCCC(n2nc(-c3ccc(Oc4ccc(F)c(Cl)c4)cc3)c(C(N)=O)c2N)C1. The molecule has 1 aromatic heterocycles. The molecule has 164 valence electrons. The number of nitriles is 1. The Hall–Kier alpha value is -3.77. The third kappa shape index (κ3) is 4.18. The van der Waals surface area contributed by atoms with Crippen molar-refractivity contribution < 1.29 is 13.9 Å². The Morgan fingerprint density at radius 2 is 1.97 bits per heavy atom. The lowest BCUT2D eigenvalue weighted by Crippen LogP contribution is -2.34. The maximum Gasteiger partial charge on any atom is 0.254 e. The topological polar surface area (TPSA) is 123 Å². The van der Waals surface area contributed by atoms with Crippen molar-refractivity contribution in [1.82, 2.24) is 14.7 Å². The first-order chi connectivity index (χ1) is 15.4. The predicted molar refractivity (Wildman–Crippen MR) is 118 cm³/mol. The van der Waals surface area contributed by atoms with E-state index in [0.29, 0.717) is 35.8 Å². The van der Waals surface area contributed by atoms with E-state index in [1.807, 2.05) is 0 Å². The number of piperidine rings is 1. The molecule has 8 nitrogen and oxygen atoms in total. The number of nitrogen functional groups attached to an aromatic ring is 1. The maximum absolute atomic E-state index is 13.3. The summed E-state index contributed by atoms with van der Waals surface area (Å²) in [6.45, 7) is 1.15. The van der Waals surface area contributed by atoms with Crippen LogP contribution in [-0.4, -0.2) is 33.7 Å². The van der Waals surface area contributed by atoms with Gasteiger partial charge in [0.25, 0.3) is 5.91 Å². The van der Waals surface area contributed by atoms with E-state index in [4.69, 9.17) is 27.8 Å². The van der Waals surface area contributed by atoms with Crippen LogP contribution in [0.4, 0.5) is 10.2 Å². The van der Waals surface area contributed by atoms with Gasteiger partial charge in [-0.1, -0.05) is 11.6 Å². The van der Waals surface area contributed by atoms with Gasteiger partial charge in [0.2, 0.25) is 0 Å². The average Bonchev–Trinajstić information content (AvgIpc) is 3.14. The molecule has 3 aromatic rings. The second-order valence-corrected chi connectivity index (χ2v) is 7.87. The van der Waals surface area contributed by atoms with Crippen LogP contribution in [0.15, 0.2) is 42.5 Å². The number of rotatable bonds is 5. The van der Waals surface area contributed by atoms with Crippen LogP contribution in [0, 0.1) is 17.3 Å². The summed E-state index contributed by atoms with van der Waals surface area (Å²) in [7, 11) is 0. The molecule has 1 atom stereocenters. The highest BCUT2D eigenvalue weighted by Crippen LogP contribution is 2.33. The van der Waals surface area contributed by atoms with Crippen molar-refractivity contribution in [2.75, 3.05) is 18.8 Å². The monoisotopic (exact) mass is 454 g/mol. The Labute approximate surface area is 188 Å². The summed E-state index contributed by atoms with van der Waals surface area (Å²) in [6, 6.07) is 10.8. The number of nitrogens with two attached hydrogens (primary N) is 2. The molecule has 1 aliphatic rings. The summed E-state index contributed by atoms with van der Waals surface area (Å²) in [5.41, 5.74) is 13.0. The van der Waals surface area contributed by atoms with Crippen LogP contribution in [0.1, 0.15) is 29.2 Å². The van der Waals surface area contributed by atoms with E-state index >= 15 is 0 Å². The molecule has 0 saturated carbocycles. The van der Waals surface area contributed by atoms with Crippen molar-refractivity contribution in [3.05, 3.63) is 58.9 Å². The molecule has 10 heteroatoms. The Morgan fingerprint density at radius 1 is 1.25 bits per heavy atom. The van der Waals surface area contributed by atoms with E-state index in [-0.39, 0.29) is 22.4 Å². The van der Waals surface area contributed by atoms with Crippen LogP contribution < -0.4 is 16.2 Å². The summed E-state index contributed by atoms with van der Waals surface area (Å²) in [4.78, 5) is 13.8. The number of likely N-dealkylation sites (tertiary alicyclic amines) is 1. The van der Waals surface area contributed by atoms with Gasteiger partial charge in [0, 0.05) is 18.2 Å². The Bertz CT molecular complexity index is 1200. The van der Waals surface area contributed by atoms with Gasteiger partial charge >= 0.3 is 0 Å². The number of amides is 1. The highest BCUT2D eigenvalue weighted by Gasteiger charge is 2.28. The number of carbonyl (C=O) groups is 1. The van der Waals surface area contributed by atoms with E-state index in [1.165, 1.54) is 18.2 Å². The van der Waals surface area contributed by atoms with E-state index in [0.717, 1.165) is 12.8 Å². The first-order valence-electron chi connectivity index (χ1n) is 9.93. The van der Waals surface area contributed by atoms with Gasteiger partial charge in [-0.25, -0.2) is 9.07 Å². The van der Waals surface area contributed by atoms with Crippen molar-refractivity contribution in [2.45, 2.75) is 18.9 Å². The Kier molecular flexibility index (Phi) is 5.88. The molecule has 32 heavy (non-hydrogen) atoms. The predicted octanol–water partition coefficient (Wildman–Crippen LogP) is 3.93. The lowest BCUT2D eigenvalue weighted by atomic mass is 10.1. The third-order valence-electron chi connectivity index (χ3n) is 5.33. The minimum absolute atomic E-state index is 0.0380. The van der Waals surface area contributed by atoms with Gasteiger partial charge in [-0.2, -0.15) is 10.4 Å². The van der Waals surface area contributed by atoms with E-state index in [1.54, 1.807) is 33.8 Å². The molecular weight excluding hydrogens is 435 g/mol. The number of carbonyl (C=O) groups excluding carboxylic acids is 1. The van der Waals surface area contributed by atoms with Crippen molar-refractivity contribution in [3.8, 4) is 28.9 Å². The van der Waals surface area contributed by atoms with Gasteiger partial charge in [-0.3, -0.25) is 4.79 Å². The van der Waals surface area contributed by atoms with E-state index < -0.39 is 11.7 Å². The number of nitrogens with zero attached hydrogens (tertiary/aromatic N) is 4. The number of aromatic nitrogens is 2. The molecule has 1 saturated heterocycles. The smallest absolute Gasteiger partial charge is 0.254 e. The van der Waals surface area contributed by atoms with Crippen LogP contribution in [0.25, 0.3) is 11.3 Å². The molecule has 1 fully saturated rings. The lowest BCUT2D eigenvalue weighted by Gasteiger charge is -2.29. The van der Waals surface area contributed by atoms with E-state index in [9.17, 15) is 14.4 Å². The van der Waals surface area contributed by atoms with Gasteiger partial charge in [0.15, 0.2) is 6.19 Å². The molecule has 4 N–H and O–H groups in total. The molecule has 0 aliphatic carbocycles. The maximum atomic E-state index is 13.3. The summed E-state index contributed by atoms with van der Waals surface area (Å²) < 4.78 is 20.6. The van der Waals surface area contributed by atoms with Gasteiger partial charge < -0.3 is 21.1 Å². The fraction of sp³-hybridized carbons (Fsp3) is 0.227. The molecule has 2 aromatic carbocycles. The molecule has 0 bridgehead atoms. The summed E-state index contributed by atoms with van der Waals surface area (Å²) in [5, 5.41) is 13.8. The lowest BCUT2D eigenvalue weighted by molar-refractivity contribution is 0.100. The zero-order chi connectivity index (χ0) is 22.8. The van der Waals surface area contributed by atoms with Crippen molar-refractivity contribution in [2.24, 2.45) is 5.73 Å². The van der Waals surface area contributed by atoms with Crippen LogP contribution in [0.2, 0.25) is 5.02 Å². The Balaban J connectivity index is 1.63. The standard InChI is InChI=1S/C22H20ClFN6O2/c23-17-10-16(7-8-18(17)24)32-15-5-3-13(4-6-15)20-19(22(27)31)21(26)30(28-20)14-2-1-9-29(11-14)12-25/h3-8,10,14H,1-2,9,11,26H2,(H2,27,31). The van der Waals surface area contributed by atoms with Crippen molar-refractivity contribution >= 4 is 23.3 Å². The molecular formula is C22H20ClFN6O2. The fourth-order valence-corrected chi connectivity index (χ4v) is 3.94. The van der Waals surface area contributed by atoms with Gasteiger partial charge in [-0.05, 0) is 49.2 Å².